The minimum atomic E-state index is -0.528. The Morgan fingerprint density at radius 3 is 1.40 bits per heavy atom. The van der Waals surface area contributed by atoms with E-state index in [1.54, 1.807) is 0 Å². The predicted molar refractivity (Wildman–Crippen MR) is 320 cm³/mol. The number of amidine groups is 2. The van der Waals surface area contributed by atoms with Crippen molar-refractivity contribution in [1.29, 1.82) is 0 Å². The molecule has 14 rings (SSSR count). The van der Waals surface area contributed by atoms with Gasteiger partial charge in [0.15, 0.2) is 5.84 Å². The predicted octanol–water partition coefficient (Wildman–Crippen LogP) is 17.9. The van der Waals surface area contributed by atoms with Crippen LogP contribution < -0.4 is 0 Å². The second-order valence-electron chi connectivity index (χ2n) is 21.2. The molecule has 0 aromatic heterocycles. The van der Waals surface area contributed by atoms with Crippen LogP contribution in [-0.4, -0.2) is 23.6 Å². The van der Waals surface area contributed by atoms with E-state index in [2.05, 4.69) is 299 Å². The van der Waals surface area contributed by atoms with E-state index in [4.69, 9.17) is 9.98 Å². The van der Waals surface area contributed by atoms with Crippen LogP contribution in [0.1, 0.15) is 70.1 Å². The van der Waals surface area contributed by atoms with Gasteiger partial charge in [0.1, 0.15) is 12.0 Å². The van der Waals surface area contributed by atoms with Crippen molar-refractivity contribution in [2.75, 3.05) is 7.05 Å². The molecule has 2 aliphatic carbocycles. The zero-order valence-corrected chi connectivity index (χ0v) is 43.4. The summed E-state index contributed by atoms with van der Waals surface area (Å²) in [6.07, 6.45) is -0.350. The molecule has 11 aromatic carbocycles. The maximum atomic E-state index is 5.64. The van der Waals surface area contributed by atoms with Gasteiger partial charge in [-0.05, 0) is 112 Å². The monoisotopic (exact) mass is 985 g/mol. The highest BCUT2D eigenvalue weighted by Crippen LogP contribution is 2.57. The number of hydrogen-bond donors (Lipinski definition) is 0. The van der Waals surface area contributed by atoms with E-state index in [1.807, 2.05) is 0 Å². The van der Waals surface area contributed by atoms with Crippen LogP contribution in [0, 0.1) is 0 Å². The van der Waals surface area contributed by atoms with Gasteiger partial charge in [-0.2, -0.15) is 0 Å². The van der Waals surface area contributed by atoms with Gasteiger partial charge >= 0.3 is 0 Å². The van der Waals surface area contributed by atoms with Crippen LogP contribution in [0.3, 0.4) is 0 Å². The smallest absolute Gasteiger partial charge is 0.159 e. The first-order valence-electron chi connectivity index (χ1n) is 26.8. The molecule has 3 heteroatoms. The fraction of sp³-hybridized carbons (Fsp3) is 0.0811. The summed E-state index contributed by atoms with van der Waals surface area (Å²) in [7, 11) is 2.16. The molecule has 0 radical (unpaired) electrons. The fourth-order valence-corrected chi connectivity index (χ4v) is 13.0. The van der Waals surface area contributed by atoms with Gasteiger partial charge in [-0.25, -0.2) is 9.98 Å². The number of rotatable bonds is 7. The number of hydrogen-bond acceptors (Lipinski definition) is 3. The Kier molecular flexibility index (Phi) is 11.0. The summed E-state index contributed by atoms with van der Waals surface area (Å²) in [5, 5.41) is 0. The largest absolute Gasteiger partial charge is 0.333 e. The lowest BCUT2D eigenvalue weighted by Gasteiger charge is -2.34. The van der Waals surface area contributed by atoms with Gasteiger partial charge < -0.3 is 4.90 Å². The summed E-state index contributed by atoms with van der Waals surface area (Å²) in [6.45, 7) is 4.77. The lowest BCUT2D eigenvalue weighted by Crippen LogP contribution is -2.36. The minimum absolute atomic E-state index is 0.350. The summed E-state index contributed by atoms with van der Waals surface area (Å²) < 4.78 is 0. The van der Waals surface area contributed by atoms with Crippen LogP contribution in [0.2, 0.25) is 0 Å². The molecule has 0 saturated heterocycles. The zero-order valence-electron chi connectivity index (χ0n) is 43.4. The van der Waals surface area contributed by atoms with Crippen molar-refractivity contribution in [3.63, 3.8) is 0 Å². The highest BCUT2D eigenvalue weighted by atomic mass is 15.3. The van der Waals surface area contributed by atoms with Crippen LogP contribution in [-0.2, 0) is 10.8 Å². The molecule has 366 valence electrons. The van der Waals surface area contributed by atoms with Gasteiger partial charge in [-0.15, -0.1) is 0 Å². The third kappa shape index (κ3) is 7.40. The maximum Gasteiger partial charge on any atom is 0.159 e. The van der Waals surface area contributed by atoms with Crippen LogP contribution in [0.5, 0.6) is 0 Å². The maximum absolute atomic E-state index is 5.64. The molecular weight excluding hydrogens is 931 g/mol. The normalized spacial score (nSPS) is 15.4. The third-order valence-electron chi connectivity index (χ3n) is 16.7. The van der Waals surface area contributed by atoms with Crippen LogP contribution in [0.25, 0.3) is 66.8 Å². The molecule has 0 amide bonds. The van der Waals surface area contributed by atoms with E-state index in [-0.39, 0.29) is 11.6 Å². The number of benzene rings is 11. The first-order valence-corrected chi connectivity index (χ1v) is 26.8. The Morgan fingerprint density at radius 1 is 0.338 bits per heavy atom. The quantitative estimate of drug-likeness (QED) is 0.156. The van der Waals surface area contributed by atoms with Crippen molar-refractivity contribution in [2.24, 2.45) is 9.98 Å². The lowest BCUT2D eigenvalue weighted by atomic mass is 9.67. The van der Waals surface area contributed by atoms with Crippen LogP contribution in [0.4, 0.5) is 0 Å². The first-order chi connectivity index (χ1) is 37.9. The van der Waals surface area contributed by atoms with Crippen molar-refractivity contribution >= 4 is 11.7 Å². The number of nitrogens with zero attached hydrogens (tertiary/aromatic N) is 3. The summed E-state index contributed by atoms with van der Waals surface area (Å²) >= 11 is 0. The van der Waals surface area contributed by atoms with E-state index < -0.39 is 5.41 Å². The SMILES string of the molecule is CN1C(c2cccc3c2-c2cc(-c4ccc5c(c4)C(c4ccccc4)(c4ccccc4)c4ccccc4-5)ccc2-c2ccccc2C(C)(C)c2ccccc2-3)=NC(c2ccccc2)=NC1c1ccc(-c2ccccc2)cc1. The first kappa shape index (κ1) is 46.1. The van der Waals surface area contributed by atoms with Crippen molar-refractivity contribution in [3.05, 3.63) is 323 Å². The molecular formula is C74H55N3. The average Bonchev–Trinajstić information content (AvgIpc) is 4.09. The molecule has 0 spiro atoms. The summed E-state index contributed by atoms with van der Waals surface area (Å²) in [4.78, 5) is 13.4. The molecule has 1 aliphatic heterocycles. The van der Waals surface area contributed by atoms with E-state index in [0.717, 1.165) is 50.3 Å². The molecule has 3 nitrogen and oxygen atoms in total. The van der Waals surface area contributed by atoms with E-state index in [1.165, 1.54) is 72.3 Å². The summed E-state index contributed by atoms with van der Waals surface area (Å²) in [5.74, 6) is 1.57. The van der Waals surface area contributed by atoms with Crippen molar-refractivity contribution < 1.29 is 0 Å². The molecule has 0 bridgehead atoms. The zero-order chi connectivity index (χ0) is 51.7. The van der Waals surface area contributed by atoms with Gasteiger partial charge in [-0.1, -0.05) is 275 Å². The summed E-state index contributed by atoms with van der Waals surface area (Å²) in [5.41, 5.74) is 24.1. The second-order valence-corrected chi connectivity index (χ2v) is 21.2. The number of fused-ring (bicyclic) bond motifs is 10. The fourth-order valence-electron chi connectivity index (χ4n) is 13.0. The highest BCUT2D eigenvalue weighted by molar-refractivity contribution is 6.17. The second kappa shape index (κ2) is 18.4. The Balaban J connectivity index is 1.02. The Hall–Kier alpha value is -9.44. The minimum Gasteiger partial charge on any atom is -0.333 e. The average molecular weight is 986 g/mol. The molecule has 11 aromatic rings. The van der Waals surface area contributed by atoms with E-state index in [0.29, 0.717) is 5.84 Å². The van der Waals surface area contributed by atoms with Crippen molar-refractivity contribution in [1.82, 2.24) is 4.90 Å². The van der Waals surface area contributed by atoms with Gasteiger partial charge in [0, 0.05) is 29.2 Å². The van der Waals surface area contributed by atoms with Gasteiger partial charge in [0.25, 0.3) is 0 Å². The van der Waals surface area contributed by atoms with Gasteiger partial charge in [0.05, 0.1) is 5.41 Å². The molecule has 1 unspecified atom stereocenters. The Morgan fingerprint density at radius 2 is 0.779 bits per heavy atom. The van der Waals surface area contributed by atoms with Crippen LogP contribution >= 0.6 is 0 Å². The Bertz CT molecular complexity index is 4080. The molecule has 0 fully saturated rings. The molecule has 77 heavy (non-hydrogen) atoms. The number of aliphatic imine (C=N–C) groups is 2. The molecule has 1 atom stereocenters. The standard InChI is InChI=1S/C74H55N3/c1-73(2)65-36-19-16-31-58(65)57-45-43-53(54-44-46-61-59-32-18-21-38-67(59)74(68(61)48-54,55-27-12-6-13-28-55)56-29-14-7-15-30-56)47-64(57)69-62(60-33-17-20-37-66(60)73)34-22-35-63(69)72-76-70(51-25-10-5-11-26-51)75-71(77(72)3)52-41-39-50(40-42-52)49-23-8-4-9-24-49/h4-48,71H,1-3H3. The Labute approximate surface area is 451 Å². The van der Waals surface area contributed by atoms with Crippen molar-refractivity contribution in [2.45, 2.75) is 30.8 Å². The van der Waals surface area contributed by atoms with Crippen LogP contribution in [0.15, 0.2) is 283 Å². The van der Waals surface area contributed by atoms with E-state index in [9.17, 15) is 0 Å². The molecule has 0 saturated carbocycles. The van der Waals surface area contributed by atoms with Gasteiger partial charge in [0.2, 0.25) is 0 Å². The van der Waals surface area contributed by atoms with Crippen molar-refractivity contribution in [3.8, 4) is 66.8 Å². The molecule has 0 N–H and O–H groups in total. The molecule has 1 heterocycles. The summed E-state index contributed by atoms with van der Waals surface area (Å²) in [6, 6.07) is 100. The van der Waals surface area contributed by atoms with E-state index >= 15 is 0 Å². The highest BCUT2D eigenvalue weighted by Gasteiger charge is 2.46. The lowest BCUT2D eigenvalue weighted by molar-refractivity contribution is 0.383. The third-order valence-corrected chi connectivity index (χ3v) is 16.7. The molecule has 3 aliphatic rings. The van der Waals surface area contributed by atoms with Gasteiger partial charge in [-0.3, -0.25) is 0 Å². The topological polar surface area (TPSA) is 28.0 Å².